The number of nitrogens with two attached hydrogens (primary N) is 1. The molecule has 0 bridgehead atoms. The van der Waals surface area contributed by atoms with Crippen LogP contribution in [0, 0.1) is 0 Å². The third kappa shape index (κ3) is 3.99. The number of hydrogen-bond acceptors (Lipinski definition) is 5. The minimum absolute atomic E-state index is 0.0760. The Morgan fingerprint density at radius 2 is 1.65 bits per heavy atom. The molecule has 4 aliphatic rings. The van der Waals surface area contributed by atoms with E-state index in [9.17, 15) is 18.4 Å². The molecule has 3 heterocycles. The largest absolute Gasteiger partial charge is 0.497 e. The molecule has 2 amide bonds. The smallest absolute Gasteiger partial charge is 0.277 e. The van der Waals surface area contributed by atoms with Crippen LogP contribution in [0.2, 0.25) is 0 Å². The first-order valence-corrected chi connectivity index (χ1v) is 13.7. The first-order valence-electron chi connectivity index (χ1n) is 13.7. The number of alkyl halides is 2. The lowest BCUT2D eigenvalue weighted by molar-refractivity contribution is 0.0114. The molecule has 3 aromatic rings. The third-order valence-electron chi connectivity index (χ3n) is 9.15. The van der Waals surface area contributed by atoms with Gasteiger partial charge in [-0.3, -0.25) is 14.5 Å². The van der Waals surface area contributed by atoms with E-state index in [2.05, 4.69) is 5.10 Å². The van der Waals surface area contributed by atoms with E-state index in [4.69, 9.17) is 10.5 Å². The number of likely N-dealkylation sites (tertiary alicyclic amines) is 1. The SMILES string of the molecule is COc1ccc(-n2nc(C(N)=O)c3c2C(=O)N(c2ccc(C4(CN5CCC(F)(F)C5)CC4)cc2)CC32CC2)cc1. The van der Waals surface area contributed by atoms with Crippen molar-refractivity contribution in [1.82, 2.24) is 14.7 Å². The number of anilines is 1. The van der Waals surface area contributed by atoms with Gasteiger partial charge in [0, 0.05) is 48.1 Å². The van der Waals surface area contributed by atoms with Crippen molar-refractivity contribution >= 4 is 17.5 Å². The highest BCUT2D eigenvalue weighted by molar-refractivity contribution is 6.10. The monoisotopic (exact) mass is 547 g/mol. The maximum Gasteiger partial charge on any atom is 0.277 e. The topological polar surface area (TPSA) is 93.7 Å². The van der Waals surface area contributed by atoms with Crippen molar-refractivity contribution in [2.45, 2.75) is 48.9 Å². The van der Waals surface area contributed by atoms with E-state index < -0.39 is 11.8 Å². The summed E-state index contributed by atoms with van der Waals surface area (Å²) in [6, 6.07) is 15.1. The standard InChI is InChI=1S/C30H31F2N5O3/c1-40-22-8-6-21(7-9-22)37-25-23(24(34-37)26(33)38)29(12-13-29)17-36(27(25)39)20-4-2-19(3-5-20)28(10-11-28)16-35-15-14-30(31,32)18-35/h2-9H,10-18H2,1H3,(H2,33,38). The number of nitrogens with zero attached hydrogens (tertiary/aromatic N) is 4. The average molecular weight is 548 g/mol. The number of rotatable bonds is 7. The quantitative estimate of drug-likeness (QED) is 0.482. The minimum Gasteiger partial charge on any atom is -0.497 e. The van der Waals surface area contributed by atoms with Crippen LogP contribution in [0.1, 0.15) is 64.2 Å². The van der Waals surface area contributed by atoms with Gasteiger partial charge >= 0.3 is 0 Å². The molecule has 2 saturated carbocycles. The second-order valence-electron chi connectivity index (χ2n) is 11.9. The Balaban J connectivity index is 1.21. The Morgan fingerprint density at radius 3 is 2.20 bits per heavy atom. The van der Waals surface area contributed by atoms with Crippen molar-refractivity contribution in [2.75, 3.05) is 38.2 Å². The number of ether oxygens (including phenoxy) is 1. The summed E-state index contributed by atoms with van der Waals surface area (Å²) in [6.45, 7) is 1.33. The van der Waals surface area contributed by atoms with Crippen molar-refractivity contribution in [3.8, 4) is 11.4 Å². The number of carbonyl (C=O) groups excluding carboxylic acids is 2. The number of hydrogen-bond donors (Lipinski definition) is 1. The molecule has 1 saturated heterocycles. The van der Waals surface area contributed by atoms with E-state index in [1.807, 2.05) is 29.2 Å². The Hall–Kier alpha value is -3.79. The number of methoxy groups -OCH3 is 1. The van der Waals surface area contributed by atoms with Crippen LogP contribution < -0.4 is 15.4 Å². The van der Waals surface area contributed by atoms with E-state index in [-0.39, 0.29) is 35.4 Å². The van der Waals surface area contributed by atoms with Gasteiger partial charge < -0.3 is 15.4 Å². The predicted molar refractivity (Wildman–Crippen MR) is 145 cm³/mol. The van der Waals surface area contributed by atoms with E-state index in [0.717, 1.165) is 36.9 Å². The van der Waals surface area contributed by atoms with E-state index >= 15 is 0 Å². The molecule has 0 radical (unpaired) electrons. The van der Waals surface area contributed by atoms with Crippen LogP contribution >= 0.6 is 0 Å². The van der Waals surface area contributed by atoms with Crippen molar-refractivity contribution in [2.24, 2.45) is 5.73 Å². The molecule has 1 spiro atoms. The molecular formula is C30H31F2N5O3. The maximum atomic E-state index is 14.1. The molecule has 2 aliphatic carbocycles. The summed E-state index contributed by atoms with van der Waals surface area (Å²) in [5, 5.41) is 4.54. The zero-order chi connectivity index (χ0) is 27.9. The van der Waals surface area contributed by atoms with Crippen LogP contribution in [0.25, 0.3) is 5.69 Å². The molecule has 208 valence electrons. The Labute approximate surface area is 230 Å². The fraction of sp³-hybridized carbons (Fsp3) is 0.433. The van der Waals surface area contributed by atoms with Crippen molar-refractivity contribution in [3.05, 3.63) is 71.0 Å². The van der Waals surface area contributed by atoms with Gasteiger partial charge in [-0.15, -0.1) is 0 Å². The molecule has 3 fully saturated rings. The molecule has 2 aromatic carbocycles. The zero-order valence-electron chi connectivity index (χ0n) is 22.3. The van der Waals surface area contributed by atoms with Crippen LogP contribution in [-0.4, -0.2) is 65.7 Å². The summed E-state index contributed by atoms with van der Waals surface area (Å²) in [7, 11) is 1.58. The second kappa shape index (κ2) is 8.60. The number of halogens is 2. The molecule has 7 rings (SSSR count). The molecule has 0 atom stereocenters. The number of aromatic nitrogens is 2. The lowest BCUT2D eigenvalue weighted by Gasteiger charge is -2.34. The number of primary amides is 1. The fourth-order valence-electron chi connectivity index (χ4n) is 6.60. The van der Waals surface area contributed by atoms with E-state index in [1.54, 1.807) is 36.3 Å². The van der Waals surface area contributed by atoms with Crippen molar-refractivity contribution < 1.29 is 23.1 Å². The van der Waals surface area contributed by atoms with E-state index in [1.165, 1.54) is 4.68 Å². The van der Waals surface area contributed by atoms with Crippen LogP contribution in [0.15, 0.2) is 48.5 Å². The van der Waals surface area contributed by atoms with Gasteiger partial charge in [0.05, 0.1) is 19.3 Å². The van der Waals surface area contributed by atoms with Crippen LogP contribution in [0.5, 0.6) is 5.75 Å². The van der Waals surface area contributed by atoms with Crippen molar-refractivity contribution in [3.63, 3.8) is 0 Å². The highest BCUT2D eigenvalue weighted by Gasteiger charge is 2.56. The summed E-state index contributed by atoms with van der Waals surface area (Å²) in [5.41, 5.74) is 8.96. The Morgan fingerprint density at radius 1 is 0.975 bits per heavy atom. The molecule has 2 aliphatic heterocycles. The fourth-order valence-corrected chi connectivity index (χ4v) is 6.60. The van der Waals surface area contributed by atoms with E-state index in [0.29, 0.717) is 42.3 Å². The molecule has 1 aromatic heterocycles. The molecule has 10 heteroatoms. The van der Waals surface area contributed by atoms with Gasteiger partial charge in [0.2, 0.25) is 0 Å². The van der Waals surface area contributed by atoms with Crippen LogP contribution in [-0.2, 0) is 10.8 Å². The lowest BCUT2D eigenvalue weighted by Crippen LogP contribution is -2.44. The minimum atomic E-state index is -2.60. The predicted octanol–water partition coefficient (Wildman–Crippen LogP) is 4.04. The lowest BCUT2D eigenvalue weighted by atomic mass is 9.87. The summed E-state index contributed by atoms with van der Waals surface area (Å²) in [4.78, 5) is 30.2. The molecule has 0 unspecified atom stereocenters. The number of amides is 2. The Bertz CT molecular complexity index is 1510. The van der Waals surface area contributed by atoms with Crippen LogP contribution in [0.4, 0.5) is 14.5 Å². The van der Waals surface area contributed by atoms with Crippen molar-refractivity contribution in [1.29, 1.82) is 0 Å². The molecule has 8 nitrogen and oxygen atoms in total. The number of fused-ring (bicyclic) bond motifs is 2. The van der Waals surface area contributed by atoms with Gasteiger partial charge in [0.25, 0.3) is 17.7 Å². The molecular weight excluding hydrogens is 516 g/mol. The third-order valence-corrected chi connectivity index (χ3v) is 9.15. The highest BCUT2D eigenvalue weighted by Crippen LogP contribution is 2.55. The first kappa shape index (κ1) is 25.2. The van der Waals surface area contributed by atoms with Gasteiger partial charge in [-0.2, -0.15) is 5.10 Å². The zero-order valence-corrected chi connectivity index (χ0v) is 22.3. The summed E-state index contributed by atoms with van der Waals surface area (Å²) >= 11 is 0. The molecule has 2 N–H and O–H groups in total. The first-order chi connectivity index (χ1) is 19.1. The summed E-state index contributed by atoms with van der Waals surface area (Å²) in [5.74, 6) is -2.82. The van der Waals surface area contributed by atoms with Gasteiger partial charge in [-0.05, 0) is 67.6 Å². The van der Waals surface area contributed by atoms with Gasteiger partial charge in [0.15, 0.2) is 5.69 Å². The molecule has 40 heavy (non-hydrogen) atoms. The average Bonchev–Trinajstić information content (AvgIpc) is 3.83. The maximum absolute atomic E-state index is 14.1. The summed E-state index contributed by atoms with van der Waals surface area (Å²) in [6.07, 6.45) is 3.54. The summed E-state index contributed by atoms with van der Waals surface area (Å²) < 4.78 is 34.3. The van der Waals surface area contributed by atoms with Gasteiger partial charge in [-0.1, -0.05) is 12.1 Å². The highest BCUT2D eigenvalue weighted by atomic mass is 19.3. The van der Waals surface area contributed by atoms with Crippen LogP contribution in [0.3, 0.4) is 0 Å². The number of benzene rings is 2. The number of carbonyl (C=O) groups is 2. The van der Waals surface area contributed by atoms with Gasteiger partial charge in [0.1, 0.15) is 11.4 Å². The Kier molecular flexibility index (Phi) is 5.42. The normalized spacial score (nSPS) is 21.9. The second-order valence-corrected chi connectivity index (χ2v) is 11.9. The van der Waals surface area contributed by atoms with Gasteiger partial charge in [-0.25, -0.2) is 13.5 Å².